The Labute approximate surface area is 175 Å². The number of carbonyl (C=O) groups excluding carboxylic acids is 2. The average Bonchev–Trinajstić information content (AvgIpc) is 2.76. The van der Waals surface area contributed by atoms with Crippen LogP contribution in [0.25, 0.3) is 21.5 Å². The van der Waals surface area contributed by atoms with Crippen molar-refractivity contribution in [3.8, 4) is 0 Å². The molecule has 1 aliphatic rings. The third-order valence-electron chi connectivity index (χ3n) is 5.64. The highest BCUT2D eigenvalue weighted by molar-refractivity contribution is 6.20. The Hall–Kier alpha value is -3.40. The van der Waals surface area contributed by atoms with E-state index in [-0.39, 0.29) is 0 Å². The fraction of sp³-hybridized carbons (Fsp3) is 0.231. The Morgan fingerprint density at radius 1 is 1.07 bits per heavy atom. The van der Waals surface area contributed by atoms with E-state index in [2.05, 4.69) is 43.5 Å². The summed E-state index contributed by atoms with van der Waals surface area (Å²) in [6.07, 6.45) is 9.23. The molecule has 0 aliphatic heterocycles. The van der Waals surface area contributed by atoms with E-state index in [1.807, 2.05) is 24.3 Å². The number of rotatable bonds is 5. The summed E-state index contributed by atoms with van der Waals surface area (Å²) in [5.41, 5.74) is 5.60. The zero-order chi connectivity index (χ0) is 21.3. The number of carbonyl (C=O) groups is 2. The second kappa shape index (κ2) is 8.15. The average molecular weight is 400 g/mol. The maximum atomic E-state index is 12.7. The van der Waals surface area contributed by atoms with Gasteiger partial charge in [0.25, 0.3) is 0 Å². The van der Waals surface area contributed by atoms with Crippen molar-refractivity contribution in [3.05, 3.63) is 83.0 Å². The largest absolute Gasteiger partial charge is 0.386 e. The van der Waals surface area contributed by atoms with Crippen molar-refractivity contribution in [1.82, 2.24) is 0 Å². The molecule has 0 N–H and O–H groups in total. The smallest absolute Gasteiger partial charge is 0.242 e. The van der Waals surface area contributed by atoms with E-state index >= 15 is 0 Å². The summed E-state index contributed by atoms with van der Waals surface area (Å²) in [5, 5.41) is 4.11. The Balaban J connectivity index is 1.76. The first-order chi connectivity index (χ1) is 14.5. The highest BCUT2D eigenvalue weighted by Gasteiger charge is 2.26. The molecule has 30 heavy (non-hydrogen) atoms. The van der Waals surface area contributed by atoms with Crippen LogP contribution in [0.3, 0.4) is 0 Å². The first-order valence-electron chi connectivity index (χ1n) is 10.1. The highest BCUT2D eigenvalue weighted by Crippen LogP contribution is 2.42. The van der Waals surface area contributed by atoms with Crippen LogP contribution in [0.15, 0.2) is 66.3 Å². The molecule has 0 atom stereocenters. The molecule has 0 spiro atoms. The van der Waals surface area contributed by atoms with Crippen LogP contribution in [0.1, 0.15) is 48.2 Å². The second-order valence-electron chi connectivity index (χ2n) is 7.89. The lowest BCUT2D eigenvalue weighted by Gasteiger charge is -2.25. The van der Waals surface area contributed by atoms with E-state index in [0.717, 1.165) is 53.3 Å². The van der Waals surface area contributed by atoms with E-state index in [1.165, 1.54) is 22.3 Å². The summed E-state index contributed by atoms with van der Waals surface area (Å²) in [6.45, 7) is 7.53. The summed E-state index contributed by atoms with van der Waals surface area (Å²) < 4.78 is 0. The van der Waals surface area contributed by atoms with Gasteiger partial charge < -0.3 is 0 Å². The van der Waals surface area contributed by atoms with Crippen LogP contribution in [0.4, 0.5) is 0 Å². The summed E-state index contributed by atoms with van der Waals surface area (Å²) in [7, 11) is 0. The van der Waals surface area contributed by atoms with Crippen molar-refractivity contribution in [3.63, 3.8) is 0 Å². The summed E-state index contributed by atoms with van der Waals surface area (Å²) in [5.74, 6) is -1.47. The molecule has 4 heteroatoms. The van der Waals surface area contributed by atoms with Crippen LogP contribution >= 0.6 is 0 Å². The van der Waals surface area contributed by atoms with Gasteiger partial charge in [0.1, 0.15) is 0 Å². The first-order valence-corrected chi connectivity index (χ1v) is 10.1. The Morgan fingerprint density at radius 3 is 2.57 bits per heavy atom. The van der Waals surface area contributed by atoms with Gasteiger partial charge in [-0.1, -0.05) is 54.1 Å². The molecule has 0 heterocycles. The van der Waals surface area contributed by atoms with Crippen molar-refractivity contribution in [2.24, 2.45) is 0 Å². The summed E-state index contributed by atoms with van der Waals surface area (Å²) >= 11 is 0. The molecular formula is C26H24O4. The third-order valence-corrected chi connectivity index (χ3v) is 5.64. The Bertz CT molecular complexity index is 1210. The normalized spacial score (nSPS) is 12.9. The molecule has 4 aromatic carbocycles. The van der Waals surface area contributed by atoms with Gasteiger partial charge in [0.2, 0.25) is 0 Å². The molecule has 2 bridgehead atoms. The van der Waals surface area contributed by atoms with Crippen LogP contribution < -0.4 is 0 Å². The Kier molecular flexibility index (Phi) is 5.40. The van der Waals surface area contributed by atoms with E-state index in [0.29, 0.717) is 5.56 Å². The van der Waals surface area contributed by atoms with Gasteiger partial charge in [-0.2, -0.15) is 0 Å². The fourth-order valence-electron chi connectivity index (χ4n) is 4.29. The minimum absolute atomic E-state index is 0.435. The predicted octanol–water partition coefficient (Wildman–Crippen LogP) is 6.00. The Morgan fingerprint density at radius 2 is 1.83 bits per heavy atom. The zero-order valence-corrected chi connectivity index (χ0v) is 17.3. The van der Waals surface area contributed by atoms with Crippen LogP contribution in [-0.2, 0) is 27.4 Å². The zero-order valence-electron chi connectivity index (χ0n) is 17.3. The lowest BCUT2D eigenvalue weighted by atomic mass is 9.79. The van der Waals surface area contributed by atoms with Crippen LogP contribution in [0.5, 0.6) is 0 Å². The molecule has 0 saturated carbocycles. The van der Waals surface area contributed by atoms with E-state index in [4.69, 9.17) is 4.89 Å². The van der Waals surface area contributed by atoms with E-state index in [9.17, 15) is 9.59 Å². The minimum atomic E-state index is -0.801. The van der Waals surface area contributed by atoms with Gasteiger partial charge in [0.15, 0.2) is 0 Å². The van der Waals surface area contributed by atoms with Gasteiger partial charge in [-0.15, -0.1) is 0 Å². The fourth-order valence-corrected chi connectivity index (χ4v) is 4.29. The summed E-state index contributed by atoms with van der Waals surface area (Å²) in [4.78, 5) is 33.4. The van der Waals surface area contributed by atoms with Crippen molar-refractivity contribution < 1.29 is 19.4 Å². The monoisotopic (exact) mass is 400 g/mol. The first kappa shape index (κ1) is 19.9. The van der Waals surface area contributed by atoms with Crippen LogP contribution in [-0.4, -0.2) is 11.9 Å². The molecule has 4 aromatic rings. The number of allylic oxidation sites excluding steroid dienone is 4. The van der Waals surface area contributed by atoms with Crippen molar-refractivity contribution >= 4 is 33.5 Å². The lowest BCUT2D eigenvalue weighted by molar-refractivity contribution is -0.228. The molecular weight excluding hydrogens is 376 g/mol. The van der Waals surface area contributed by atoms with Gasteiger partial charge in [0.05, 0.1) is 5.56 Å². The molecule has 0 radical (unpaired) electrons. The van der Waals surface area contributed by atoms with Crippen molar-refractivity contribution in [2.45, 2.75) is 39.5 Å². The third kappa shape index (κ3) is 3.61. The molecule has 0 saturated heterocycles. The molecule has 0 unspecified atom stereocenters. The molecule has 0 aromatic heterocycles. The van der Waals surface area contributed by atoms with Crippen molar-refractivity contribution in [2.75, 3.05) is 0 Å². The minimum Gasteiger partial charge on any atom is -0.242 e. The lowest BCUT2D eigenvalue weighted by Crippen LogP contribution is -2.14. The van der Waals surface area contributed by atoms with Crippen LogP contribution in [0, 0.1) is 0 Å². The second-order valence-corrected chi connectivity index (χ2v) is 7.89. The van der Waals surface area contributed by atoms with Crippen molar-refractivity contribution in [1.29, 1.82) is 0 Å². The van der Waals surface area contributed by atoms with Crippen LogP contribution in [0.2, 0.25) is 0 Å². The topological polar surface area (TPSA) is 52.6 Å². The maximum absolute atomic E-state index is 12.7. The number of hydrogen-bond donors (Lipinski definition) is 0. The molecule has 152 valence electrons. The SMILES string of the molecule is C=CC(=O)OOC(=O)c1cc2c3c(c1c1ccccc21)CC(CCC=C(C)C)=CC3. The number of fused-ring (bicyclic) bond motifs is 1. The number of hydrogen-bond acceptors (Lipinski definition) is 4. The quantitative estimate of drug-likeness (QED) is 0.228. The molecule has 1 aliphatic carbocycles. The number of benzene rings is 4. The van der Waals surface area contributed by atoms with Gasteiger partial charge in [-0.05, 0) is 72.9 Å². The molecule has 0 fully saturated rings. The van der Waals surface area contributed by atoms with E-state index in [1.54, 1.807) is 0 Å². The maximum Gasteiger partial charge on any atom is 0.386 e. The van der Waals surface area contributed by atoms with E-state index < -0.39 is 11.9 Å². The highest BCUT2D eigenvalue weighted by atomic mass is 17.2. The molecule has 0 amide bonds. The van der Waals surface area contributed by atoms with Gasteiger partial charge in [-0.25, -0.2) is 19.4 Å². The predicted molar refractivity (Wildman–Crippen MR) is 119 cm³/mol. The molecule has 5 rings (SSSR count). The standard InChI is InChI=1S/C26H24O4/c1-4-24(27)29-30-26(28)23-15-21-18-10-5-6-11-20(18)25(23)22-14-17(12-13-19(21)22)9-7-8-16(2)3/h4-6,8,10-12,15H,1,7,9,13-14H2,2-3H3. The van der Waals surface area contributed by atoms with Gasteiger partial charge in [-0.3, -0.25) is 0 Å². The van der Waals surface area contributed by atoms with Gasteiger partial charge >= 0.3 is 11.9 Å². The molecule has 4 nitrogen and oxygen atoms in total. The van der Waals surface area contributed by atoms with Gasteiger partial charge in [0, 0.05) is 11.5 Å². The summed E-state index contributed by atoms with van der Waals surface area (Å²) in [6, 6.07) is 9.96.